The second kappa shape index (κ2) is 4.73. The van der Waals surface area contributed by atoms with Gasteiger partial charge in [0.1, 0.15) is 0 Å². The molecule has 1 radical (unpaired) electrons. The van der Waals surface area contributed by atoms with Crippen LogP contribution in [-0.4, -0.2) is 4.98 Å². The molecule has 0 aliphatic heterocycles. The first-order valence-electron chi connectivity index (χ1n) is 6.62. The van der Waals surface area contributed by atoms with Gasteiger partial charge in [0.05, 0.1) is 5.69 Å². The lowest BCUT2D eigenvalue weighted by Crippen LogP contribution is -2.02. The van der Waals surface area contributed by atoms with E-state index in [4.69, 9.17) is 0 Å². The van der Waals surface area contributed by atoms with Crippen molar-refractivity contribution in [3.63, 3.8) is 0 Å². The first-order valence-corrected chi connectivity index (χ1v) is 7.50. The number of benzene rings is 1. The van der Waals surface area contributed by atoms with Gasteiger partial charge >= 0.3 is 0 Å². The van der Waals surface area contributed by atoms with Crippen molar-refractivity contribution in [1.29, 1.82) is 0 Å². The summed E-state index contributed by atoms with van der Waals surface area (Å²) in [4.78, 5) is 4.42. The van der Waals surface area contributed by atoms with E-state index in [9.17, 15) is 0 Å². The molecule has 0 spiro atoms. The smallest absolute Gasteiger partial charge is 0.152 e. The van der Waals surface area contributed by atoms with Crippen molar-refractivity contribution in [2.75, 3.05) is 0 Å². The number of hydrogen-bond acceptors (Lipinski definition) is 2. The van der Waals surface area contributed by atoms with E-state index in [1.54, 1.807) is 0 Å². The highest BCUT2D eigenvalue weighted by Gasteiger charge is 2.21. The molecule has 4 rings (SSSR count). The highest BCUT2D eigenvalue weighted by atomic mass is 32.1. The van der Waals surface area contributed by atoms with Crippen molar-refractivity contribution in [3.05, 3.63) is 87.9 Å². The van der Waals surface area contributed by atoms with Crippen molar-refractivity contribution < 1.29 is 0 Å². The first-order chi connectivity index (χ1) is 9.93. The van der Waals surface area contributed by atoms with Crippen molar-refractivity contribution in [2.24, 2.45) is 5.92 Å². The molecule has 0 N–H and O–H groups in total. The van der Waals surface area contributed by atoms with Crippen LogP contribution in [0.3, 0.4) is 0 Å². The van der Waals surface area contributed by atoms with Crippen molar-refractivity contribution in [1.82, 2.24) is 4.98 Å². The van der Waals surface area contributed by atoms with Gasteiger partial charge in [-0.25, -0.2) is 4.98 Å². The van der Waals surface area contributed by atoms with Crippen molar-refractivity contribution in [3.8, 4) is 0 Å². The van der Waals surface area contributed by atoms with Gasteiger partial charge in [0, 0.05) is 16.9 Å². The van der Waals surface area contributed by atoms with Crippen LogP contribution in [0.1, 0.15) is 16.8 Å². The van der Waals surface area contributed by atoms with Crippen molar-refractivity contribution >= 4 is 23.0 Å². The van der Waals surface area contributed by atoms with Crippen LogP contribution in [0.15, 0.2) is 65.6 Å². The minimum atomic E-state index is 0.323. The van der Waals surface area contributed by atoms with Gasteiger partial charge in [-0.2, -0.15) is 0 Å². The molecular formula is C18H12NS. The molecule has 0 saturated carbocycles. The van der Waals surface area contributed by atoms with E-state index in [-0.39, 0.29) is 0 Å². The zero-order valence-corrected chi connectivity index (χ0v) is 11.6. The molecular weight excluding hydrogens is 262 g/mol. The molecule has 1 nitrogen and oxygen atoms in total. The lowest BCUT2D eigenvalue weighted by atomic mass is 9.87. The summed E-state index contributed by atoms with van der Waals surface area (Å²) in [6.45, 7) is 0. The van der Waals surface area contributed by atoms with Gasteiger partial charge in [0.15, 0.2) is 5.51 Å². The van der Waals surface area contributed by atoms with Crippen LogP contribution >= 0.6 is 11.3 Å². The fourth-order valence-corrected chi connectivity index (χ4v) is 3.28. The average molecular weight is 274 g/mol. The van der Waals surface area contributed by atoms with E-state index in [2.05, 4.69) is 76.6 Å². The second-order valence-electron chi connectivity index (χ2n) is 4.87. The summed E-state index contributed by atoms with van der Waals surface area (Å²) in [6.07, 6.45) is 13.1. The normalized spacial score (nSPS) is 19.7. The standard InChI is InChI=1S/C18H12NS/c1-3-7-15-13(5-1)9-10-14-6-2-4-8-16(14)18(15)17-11-20-12-19-17/h1-11,13H. The molecule has 95 valence electrons. The SMILES string of the molecule is [c]1nc(C2=C3C=CC=CC3C=Cc3ccccc32)cs1. The number of fused-ring (bicyclic) bond motifs is 2. The van der Waals surface area contributed by atoms with Gasteiger partial charge in [-0.15, -0.1) is 11.3 Å². The predicted octanol–water partition coefficient (Wildman–Crippen LogP) is 4.51. The Labute approximate surface area is 122 Å². The van der Waals surface area contributed by atoms with E-state index in [1.165, 1.54) is 33.6 Å². The molecule has 2 aliphatic carbocycles. The van der Waals surface area contributed by atoms with Crippen LogP contribution in [0.2, 0.25) is 0 Å². The molecule has 0 amide bonds. The molecule has 20 heavy (non-hydrogen) atoms. The Balaban J connectivity index is 2.05. The Morgan fingerprint density at radius 2 is 2.00 bits per heavy atom. The molecule has 2 aromatic rings. The summed E-state index contributed by atoms with van der Waals surface area (Å²) in [6, 6.07) is 8.51. The Morgan fingerprint density at radius 3 is 2.90 bits per heavy atom. The van der Waals surface area contributed by atoms with E-state index in [0.717, 1.165) is 5.69 Å². The highest BCUT2D eigenvalue weighted by Crippen LogP contribution is 2.38. The van der Waals surface area contributed by atoms with Crippen LogP contribution in [0, 0.1) is 11.4 Å². The molecule has 1 atom stereocenters. The lowest BCUT2D eigenvalue weighted by Gasteiger charge is -2.17. The molecule has 2 aliphatic rings. The average Bonchev–Trinajstić information content (AvgIpc) is 2.96. The summed E-state index contributed by atoms with van der Waals surface area (Å²) in [5.74, 6) is 0.323. The Bertz CT molecular complexity index is 760. The number of aromatic nitrogens is 1. The Hall–Kier alpha value is -2.19. The van der Waals surface area contributed by atoms with E-state index < -0.39 is 0 Å². The summed E-state index contributed by atoms with van der Waals surface area (Å²) >= 11 is 1.52. The minimum absolute atomic E-state index is 0.323. The molecule has 2 heteroatoms. The van der Waals surface area contributed by atoms with Crippen LogP contribution in [-0.2, 0) is 0 Å². The Kier molecular flexibility index (Phi) is 2.75. The number of thiazole rings is 1. The molecule has 1 aromatic carbocycles. The van der Waals surface area contributed by atoms with Crippen LogP contribution < -0.4 is 0 Å². The number of allylic oxidation sites excluding steroid dienone is 6. The summed E-state index contributed by atoms with van der Waals surface area (Å²) < 4.78 is 0. The third-order valence-electron chi connectivity index (χ3n) is 3.71. The molecule has 1 unspecified atom stereocenters. The van der Waals surface area contributed by atoms with Gasteiger partial charge in [-0.1, -0.05) is 60.7 Å². The van der Waals surface area contributed by atoms with Crippen LogP contribution in [0.4, 0.5) is 0 Å². The Morgan fingerprint density at radius 1 is 1.05 bits per heavy atom. The summed E-state index contributed by atoms with van der Waals surface area (Å²) in [7, 11) is 0. The number of hydrogen-bond donors (Lipinski definition) is 0. The van der Waals surface area contributed by atoms with Gasteiger partial charge < -0.3 is 0 Å². The van der Waals surface area contributed by atoms with Crippen LogP contribution in [0.25, 0.3) is 11.6 Å². The van der Waals surface area contributed by atoms with E-state index >= 15 is 0 Å². The van der Waals surface area contributed by atoms with E-state index in [0.29, 0.717) is 5.92 Å². The van der Waals surface area contributed by atoms with Crippen LogP contribution in [0.5, 0.6) is 0 Å². The van der Waals surface area contributed by atoms with Gasteiger partial charge in [0.25, 0.3) is 0 Å². The maximum absolute atomic E-state index is 4.42. The molecule has 1 aromatic heterocycles. The summed E-state index contributed by atoms with van der Waals surface area (Å²) in [5.41, 5.74) is 9.03. The lowest BCUT2D eigenvalue weighted by molar-refractivity contribution is 1.00. The third kappa shape index (κ3) is 1.81. The monoisotopic (exact) mass is 274 g/mol. The maximum Gasteiger partial charge on any atom is 0.152 e. The van der Waals surface area contributed by atoms with Gasteiger partial charge in [-0.3, -0.25) is 0 Å². The topological polar surface area (TPSA) is 12.9 Å². The second-order valence-corrected chi connectivity index (χ2v) is 5.52. The zero-order chi connectivity index (χ0) is 13.4. The maximum atomic E-state index is 4.42. The molecule has 0 saturated heterocycles. The molecule has 0 bridgehead atoms. The highest BCUT2D eigenvalue weighted by molar-refractivity contribution is 7.07. The van der Waals surface area contributed by atoms with E-state index in [1.807, 2.05) is 0 Å². The summed E-state index contributed by atoms with van der Waals surface area (Å²) in [5, 5.41) is 2.08. The van der Waals surface area contributed by atoms with Gasteiger partial charge in [-0.05, 0) is 16.7 Å². The predicted molar refractivity (Wildman–Crippen MR) is 84.2 cm³/mol. The largest absolute Gasteiger partial charge is 0.233 e. The number of rotatable bonds is 1. The fourth-order valence-electron chi connectivity index (χ4n) is 2.79. The zero-order valence-electron chi connectivity index (χ0n) is 10.8. The quantitative estimate of drug-likeness (QED) is 0.745. The van der Waals surface area contributed by atoms with Gasteiger partial charge in [0.2, 0.25) is 0 Å². The molecule has 0 fully saturated rings. The number of nitrogens with zero attached hydrogens (tertiary/aromatic N) is 1. The van der Waals surface area contributed by atoms with Crippen molar-refractivity contribution in [2.45, 2.75) is 0 Å². The minimum Gasteiger partial charge on any atom is -0.233 e. The fraction of sp³-hybridized carbons (Fsp3) is 0.0556. The first kappa shape index (κ1) is 11.6. The molecule has 1 heterocycles. The third-order valence-corrected chi connectivity index (χ3v) is 4.25.